The zero-order valence-electron chi connectivity index (χ0n) is 20.5. The number of nitrogens with zero attached hydrogens (tertiary/aromatic N) is 1. The molecule has 0 bridgehead atoms. The molecule has 3 rings (SSSR count). The van der Waals surface area contributed by atoms with Crippen LogP contribution in [0.25, 0.3) is 0 Å². The average molecular weight is 537 g/mol. The Morgan fingerprint density at radius 2 is 1.57 bits per heavy atom. The Morgan fingerprint density at radius 3 is 2.11 bits per heavy atom. The molecule has 1 unspecified atom stereocenters. The number of aliphatic hydroxyl groups excluding tert-OH is 1. The van der Waals surface area contributed by atoms with Crippen molar-refractivity contribution in [3.63, 3.8) is 0 Å². The number of carbonyl (C=O) groups is 1. The molecule has 0 spiro atoms. The van der Waals surface area contributed by atoms with E-state index < -0.39 is 45.8 Å². The minimum Gasteiger partial charge on any atom is -0.496 e. The third kappa shape index (κ3) is 5.44. The van der Waals surface area contributed by atoms with E-state index in [4.69, 9.17) is 19.9 Å². The Labute approximate surface area is 213 Å². The van der Waals surface area contributed by atoms with Crippen LogP contribution in [0.1, 0.15) is 22.8 Å². The molecule has 0 aliphatic rings. The van der Waals surface area contributed by atoms with E-state index in [1.54, 1.807) is 6.92 Å². The summed E-state index contributed by atoms with van der Waals surface area (Å²) >= 11 is 0. The molecular weight excluding hydrogens is 510 g/mol. The number of rotatable bonds is 10. The maximum Gasteiger partial charge on any atom is 0.264 e. The number of carbonyl (C=O) groups excluding carboxylic acids is 1. The highest BCUT2D eigenvalue weighted by Gasteiger charge is 2.33. The molecule has 0 aliphatic heterocycles. The fourth-order valence-electron chi connectivity index (χ4n) is 3.83. The maximum absolute atomic E-state index is 14.6. The predicted octanol–water partition coefficient (Wildman–Crippen LogP) is 3.06. The number of aryl methyl sites for hydroxylation is 1. The van der Waals surface area contributed by atoms with E-state index in [9.17, 15) is 27.1 Å². The molecule has 3 aromatic carbocycles. The lowest BCUT2D eigenvalue weighted by Gasteiger charge is -2.28. The number of primary amides is 1. The zero-order chi connectivity index (χ0) is 27.5. The Hall–Kier alpha value is -3.90. The van der Waals surface area contributed by atoms with Gasteiger partial charge in [0, 0.05) is 17.7 Å². The second-order valence-electron chi connectivity index (χ2n) is 7.91. The van der Waals surface area contributed by atoms with Crippen LogP contribution in [0.3, 0.4) is 0 Å². The summed E-state index contributed by atoms with van der Waals surface area (Å²) in [6.07, 6.45) is -1.95. The topological polar surface area (TPSA) is 128 Å². The van der Waals surface area contributed by atoms with Gasteiger partial charge < -0.3 is 25.1 Å². The fourth-order valence-corrected chi connectivity index (χ4v) is 5.29. The molecule has 37 heavy (non-hydrogen) atoms. The highest BCUT2D eigenvalue weighted by Crippen LogP contribution is 2.40. The first kappa shape index (κ1) is 27.7. The standard InChI is InChI=1S/C25H26F2N2O7S/c1-14-10-16(25(31)24-17(26)6-5-7-18(24)27)19(12-21(14)35-3)29(13-23(28)30)37(32,33)15-8-9-20(34-2)22(11-15)36-4/h5-12,25,31H,13H2,1-4H3,(H2,28,30). The van der Waals surface area contributed by atoms with Gasteiger partial charge in [-0.25, -0.2) is 17.2 Å². The van der Waals surface area contributed by atoms with Crippen LogP contribution in [0.15, 0.2) is 53.4 Å². The van der Waals surface area contributed by atoms with E-state index in [0.29, 0.717) is 9.87 Å². The van der Waals surface area contributed by atoms with Gasteiger partial charge in [0.15, 0.2) is 11.5 Å². The summed E-state index contributed by atoms with van der Waals surface area (Å²) < 4.78 is 73.1. The number of anilines is 1. The average Bonchev–Trinajstić information content (AvgIpc) is 2.86. The van der Waals surface area contributed by atoms with Gasteiger partial charge in [0.2, 0.25) is 5.91 Å². The van der Waals surface area contributed by atoms with E-state index in [1.165, 1.54) is 51.7 Å². The second-order valence-corrected chi connectivity index (χ2v) is 9.78. The van der Waals surface area contributed by atoms with Crippen molar-refractivity contribution in [3.8, 4) is 17.2 Å². The molecule has 198 valence electrons. The number of aliphatic hydroxyl groups is 1. The number of ether oxygens (including phenoxy) is 3. The van der Waals surface area contributed by atoms with Gasteiger partial charge >= 0.3 is 0 Å². The summed E-state index contributed by atoms with van der Waals surface area (Å²) in [6.45, 7) is 0.736. The first-order valence-corrected chi connectivity index (χ1v) is 12.2. The van der Waals surface area contributed by atoms with E-state index >= 15 is 0 Å². The highest BCUT2D eigenvalue weighted by molar-refractivity contribution is 7.92. The quantitative estimate of drug-likeness (QED) is 0.408. The molecule has 0 saturated carbocycles. The van der Waals surface area contributed by atoms with Gasteiger partial charge in [-0.05, 0) is 42.8 Å². The van der Waals surface area contributed by atoms with Crippen molar-refractivity contribution in [2.75, 3.05) is 32.2 Å². The molecule has 3 aromatic rings. The Bertz CT molecular complexity index is 1410. The Balaban J connectivity index is 2.32. The second kappa shape index (κ2) is 11.0. The predicted molar refractivity (Wildman–Crippen MR) is 131 cm³/mol. The monoisotopic (exact) mass is 536 g/mol. The lowest BCUT2D eigenvalue weighted by Crippen LogP contribution is -2.39. The van der Waals surface area contributed by atoms with Crippen molar-refractivity contribution in [2.24, 2.45) is 5.73 Å². The van der Waals surface area contributed by atoms with Crippen molar-refractivity contribution in [1.82, 2.24) is 0 Å². The number of hydrogen-bond acceptors (Lipinski definition) is 7. The smallest absolute Gasteiger partial charge is 0.264 e. The first-order chi connectivity index (χ1) is 17.5. The minimum absolute atomic E-state index is 0.0952. The van der Waals surface area contributed by atoms with Crippen LogP contribution in [0.4, 0.5) is 14.5 Å². The SMILES string of the molecule is COc1cc(N(CC(N)=O)S(=O)(=O)c2ccc(OC)c(OC)c2)c(C(O)c2c(F)cccc2F)cc1C. The molecule has 12 heteroatoms. The molecule has 1 amide bonds. The van der Waals surface area contributed by atoms with Crippen LogP contribution in [0, 0.1) is 18.6 Å². The van der Waals surface area contributed by atoms with E-state index in [0.717, 1.165) is 18.2 Å². The normalized spacial score (nSPS) is 12.1. The summed E-state index contributed by atoms with van der Waals surface area (Å²) in [6, 6.07) is 9.37. The molecule has 9 nitrogen and oxygen atoms in total. The number of benzene rings is 3. The molecule has 0 fully saturated rings. The molecule has 0 aromatic heterocycles. The summed E-state index contributed by atoms with van der Waals surface area (Å²) in [4.78, 5) is 11.7. The summed E-state index contributed by atoms with van der Waals surface area (Å²) in [5.41, 5.74) is 4.65. The number of amides is 1. The number of nitrogens with two attached hydrogens (primary N) is 1. The van der Waals surface area contributed by atoms with Gasteiger partial charge in [0.05, 0.1) is 37.5 Å². The number of sulfonamides is 1. The first-order valence-electron chi connectivity index (χ1n) is 10.8. The summed E-state index contributed by atoms with van der Waals surface area (Å²) in [7, 11) is -0.535. The molecule has 1 atom stereocenters. The third-order valence-electron chi connectivity index (χ3n) is 5.62. The van der Waals surface area contributed by atoms with Crippen molar-refractivity contribution in [2.45, 2.75) is 17.9 Å². The van der Waals surface area contributed by atoms with Crippen LogP contribution < -0.4 is 24.2 Å². The zero-order valence-corrected chi connectivity index (χ0v) is 21.3. The molecule has 0 saturated heterocycles. The van der Waals surface area contributed by atoms with Crippen molar-refractivity contribution >= 4 is 21.6 Å². The Kier molecular flexibility index (Phi) is 8.24. The summed E-state index contributed by atoms with van der Waals surface area (Å²) in [5.74, 6) is -2.57. The van der Waals surface area contributed by atoms with Crippen LogP contribution in [0.5, 0.6) is 17.2 Å². The maximum atomic E-state index is 14.6. The largest absolute Gasteiger partial charge is 0.496 e. The van der Waals surface area contributed by atoms with Gasteiger partial charge in [-0.3, -0.25) is 9.10 Å². The number of hydrogen-bond donors (Lipinski definition) is 2. The summed E-state index contributed by atoms with van der Waals surface area (Å²) in [5, 5.41) is 11.1. The minimum atomic E-state index is -4.56. The van der Waals surface area contributed by atoms with Gasteiger partial charge in [-0.1, -0.05) is 6.07 Å². The molecule has 0 aliphatic carbocycles. The molecular formula is C25H26F2N2O7S. The van der Waals surface area contributed by atoms with Crippen LogP contribution in [-0.2, 0) is 14.8 Å². The fraction of sp³-hybridized carbons (Fsp3) is 0.240. The third-order valence-corrected chi connectivity index (χ3v) is 7.38. The highest BCUT2D eigenvalue weighted by atomic mass is 32.2. The lowest BCUT2D eigenvalue weighted by molar-refractivity contribution is -0.116. The van der Waals surface area contributed by atoms with Gasteiger partial charge in [0.1, 0.15) is 30.0 Å². The van der Waals surface area contributed by atoms with Crippen LogP contribution in [0.2, 0.25) is 0 Å². The lowest BCUT2D eigenvalue weighted by atomic mass is 9.96. The van der Waals surface area contributed by atoms with E-state index in [2.05, 4.69) is 0 Å². The Morgan fingerprint density at radius 1 is 0.973 bits per heavy atom. The molecule has 3 N–H and O–H groups in total. The van der Waals surface area contributed by atoms with Gasteiger partial charge in [-0.15, -0.1) is 0 Å². The molecule has 0 radical (unpaired) electrons. The molecule has 0 heterocycles. The van der Waals surface area contributed by atoms with Crippen molar-refractivity contribution in [1.29, 1.82) is 0 Å². The van der Waals surface area contributed by atoms with Crippen molar-refractivity contribution in [3.05, 3.63) is 76.9 Å². The van der Waals surface area contributed by atoms with Crippen LogP contribution in [-0.4, -0.2) is 47.3 Å². The van der Waals surface area contributed by atoms with E-state index in [-0.39, 0.29) is 33.4 Å². The van der Waals surface area contributed by atoms with Gasteiger partial charge in [-0.2, -0.15) is 0 Å². The van der Waals surface area contributed by atoms with E-state index in [1.807, 2.05) is 0 Å². The van der Waals surface area contributed by atoms with Crippen LogP contribution >= 0.6 is 0 Å². The number of methoxy groups -OCH3 is 3. The number of halogens is 2. The van der Waals surface area contributed by atoms with Gasteiger partial charge in [0.25, 0.3) is 10.0 Å². The van der Waals surface area contributed by atoms with Crippen molar-refractivity contribution < 1.29 is 41.3 Å².